The predicted molar refractivity (Wildman–Crippen MR) is 135 cm³/mol. The van der Waals surface area contributed by atoms with Crippen LogP contribution in [0, 0.1) is 0 Å². The highest BCUT2D eigenvalue weighted by atomic mass is 32.2. The molecule has 1 fully saturated rings. The van der Waals surface area contributed by atoms with Gasteiger partial charge in [-0.1, -0.05) is 18.2 Å². The Morgan fingerprint density at radius 3 is 2.57 bits per heavy atom. The second-order valence-corrected chi connectivity index (χ2v) is 9.81. The van der Waals surface area contributed by atoms with Crippen molar-refractivity contribution in [2.24, 2.45) is 0 Å². The lowest BCUT2D eigenvalue weighted by Crippen LogP contribution is -2.29. The Labute approximate surface area is 208 Å². The zero-order valence-electron chi connectivity index (χ0n) is 19.4. The first kappa shape index (κ1) is 22.0. The number of amides is 1. The molecule has 4 heterocycles. The van der Waals surface area contributed by atoms with Gasteiger partial charge in [0.25, 0.3) is 0 Å². The first-order valence-electron chi connectivity index (χ1n) is 12.0. The minimum Gasteiger partial charge on any atom is -0.486 e. The third-order valence-electron chi connectivity index (χ3n) is 6.35. The molecule has 7 nitrogen and oxygen atoms in total. The number of thioether (sulfide) groups is 1. The van der Waals surface area contributed by atoms with Gasteiger partial charge in [0.05, 0.1) is 11.4 Å². The van der Waals surface area contributed by atoms with Gasteiger partial charge in [0.2, 0.25) is 5.91 Å². The maximum atomic E-state index is 12.3. The summed E-state index contributed by atoms with van der Waals surface area (Å²) in [6.45, 7) is 2.94. The number of carbonyl (C=O) groups is 1. The Balaban J connectivity index is 1.16. The quantitative estimate of drug-likeness (QED) is 0.375. The number of nitrogens with zero attached hydrogens (tertiary/aromatic N) is 4. The summed E-state index contributed by atoms with van der Waals surface area (Å²) in [4.78, 5) is 20.1. The Kier molecular flexibility index (Phi) is 6.04. The highest BCUT2D eigenvalue weighted by Crippen LogP contribution is 2.34. The van der Waals surface area contributed by atoms with Gasteiger partial charge in [-0.3, -0.25) is 4.79 Å². The van der Waals surface area contributed by atoms with E-state index in [0.29, 0.717) is 25.4 Å². The Morgan fingerprint density at radius 2 is 1.74 bits per heavy atom. The third kappa shape index (κ3) is 4.71. The fourth-order valence-electron chi connectivity index (χ4n) is 4.53. The van der Waals surface area contributed by atoms with Gasteiger partial charge in [0.15, 0.2) is 23.0 Å². The van der Waals surface area contributed by atoms with Crippen molar-refractivity contribution in [1.29, 1.82) is 0 Å². The summed E-state index contributed by atoms with van der Waals surface area (Å²) < 4.78 is 13.3. The molecule has 0 atom stereocenters. The topological polar surface area (TPSA) is 69.0 Å². The van der Waals surface area contributed by atoms with Crippen molar-refractivity contribution in [1.82, 2.24) is 19.5 Å². The molecule has 0 saturated carbocycles. The van der Waals surface area contributed by atoms with Crippen molar-refractivity contribution in [3.05, 3.63) is 72.1 Å². The maximum absolute atomic E-state index is 12.3. The van der Waals surface area contributed by atoms with Crippen LogP contribution in [-0.4, -0.2) is 57.5 Å². The standard InChI is InChI=1S/C27H26N4O3S/c32-27(30-12-1-2-13-30)18-35-21-9-6-19(7-10-21)16-25-28-26-5-3-4-22(31(26)29-25)20-8-11-23-24(17-20)34-15-14-33-23/h3-11,17H,1-2,12-16,18H2. The molecule has 0 unspecified atom stereocenters. The van der Waals surface area contributed by atoms with Crippen LogP contribution in [0.25, 0.3) is 16.9 Å². The largest absolute Gasteiger partial charge is 0.486 e. The zero-order chi connectivity index (χ0) is 23.6. The third-order valence-corrected chi connectivity index (χ3v) is 7.35. The lowest BCUT2D eigenvalue weighted by molar-refractivity contribution is -0.127. The number of hydrogen-bond acceptors (Lipinski definition) is 6. The molecule has 2 aliphatic heterocycles. The van der Waals surface area contributed by atoms with E-state index in [4.69, 9.17) is 19.6 Å². The summed E-state index contributed by atoms with van der Waals surface area (Å²) >= 11 is 1.60. The summed E-state index contributed by atoms with van der Waals surface area (Å²) in [5.74, 6) is 3.02. The summed E-state index contributed by atoms with van der Waals surface area (Å²) in [7, 11) is 0. The summed E-state index contributed by atoms with van der Waals surface area (Å²) in [6, 6.07) is 20.3. The van der Waals surface area contributed by atoms with Crippen molar-refractivity contribution in [3.8, 4) is 22.8 Å². The molecule has 6 rings (SSSR count). The van der Waals surface area contributed by atoms with Crippen molar-refractivity contribution in [2.45, 2.75) is 24.2 Å². The smallest absolute Gasteiger partial charge is 0.232 e. The van der Waals surface area contributed by atoms with Gasteiger partial charge in [-0.15, -0.1) is 11.8 Å². The first-order valence-corrected chi connectivity index (χ1v) is 13.0. The van der Waals surface area contributed by atoms with E-state index >= 15 is 0 Å². The number of carbonyl (C=O) groups excluding carboxylic acids is 1. The second-order valence-electron chi connectivity index (χ2n) is 8.76. The molecule has 35 heavy (non-hydrogen) atoms. The molecule has 1 amide bonds. The fraction of sp³-hybridized carbons (Fsp3) is 0.296. The monoisotopic (exact) mass is 486 g/mol. The lowest BCUT2D eigenvalue weighted by atomic mass is 10.1. The van der Waals surface area contributed by atoms with Gasteiger partial charge in [-0.2, -0.15) is 5.10 Å². The van der Waals surface area contributed by atoms with Gasteiger partial charge in [-0.05, 0) is 60.9 Å². The summed E-state index contributed by atoms with van der Waals surface area (Å²) in [5, 5.41) is 4.80. The molecule has 0 N–H and O–H groups in total. The normalized spacial score (nSPS) is 15.0. The molecule has 0 radical (unpaired) electrons. The second kappa shape index (κ2) is 9.62. The van der Waals surface area contributed by atoms with Gasteiger partial charge in [-0.25, -0.2) is 9.50 Å². The number of benzene rings is 2. The molecular formula is C27H26N4O3S. The molecule has 8 heteroatoms. The first-order chi connectivity index (χ1) is 17.2. The molecule has 0 spiro atoms. The van der Waals surface area contributed by atoms with E-state index < -0.39 is 0 Å². The predicted octanol–water partition coefficient (Wildman–Crippen LogP) is 4.47. The molecule has 0 aliphatic carbocycles. The van der Waals surface area contributed by atoms with Gasteiger partial charge >= 0.3 is 0 Å². The number of aromatic nitrogens is 3. The Morgan fingerprint density at radius 1 is 0.943 bits per heavy atom. The Hall–Kier alpha value is -3.52. The minimum absolute atomic E-state index is 0.235. The van der Waals surface area contributed by atoms with Crippen molar-refractivity contribution < 1.29 is 14.3 Å². The van der Waals surface area contributed by atoms with Crippen LogP contribution in [0.1, 0.15) is 24.2 Å². The van der Waals surface area contributed by atoms with E-state index in [1.165, 1.54) is 0 Å². The van der Waals surface area contributed by atoms with Crippen molar-refractivity contribution in [2.75, 3.05) is 32.1 Å². The van der Waals surface area contributed by atoms with Crippen LogP contribution in [0.15, 0.2) is 65.6 Å². The van der Waals surface area contributed by atoms with Crippen molar-refractivity contribution in [3.63, 3.8) is 0 Å². The molecule has 2 aliphatic rings. The van der Waals surface area contributed by atoms with Crippen LogP contribution in [0.2, 0.25) is 0 Å². The molecule has 0 bridgehead atoms. The molecular weight excluding hydrogens is 460 g/mol. The van der Waals surface area contributed by atoms with Crippen LogP contribution in [0.5, 0.6) is 11.5 Å². The van der Waals surface area contributed by atoms with Crippen LogP contribution in [-0.2, 0) is 11.2 Å². The average molecular weight is 487 g/mol. The molecule has 178 valence electrons. The fourth-order valence-corrected chi connectivity index (χ4v) is 5.34. The van der Waals surface area contributed by atoms with Gasteiger partial charge < -0.3 is 14.4 Å². The van der Waals surface area contributed by atoms with E-state index in [9.17, 15) is 4.79 Å². The van der Waals surface area contributed by atoms with Gasteiger partial charge in [0.1, 0.15) is 13.2 Å². The molecule has 2 aromatic heterocycles. The lowest BCUT2D eigenvalue weighted by Gasteiger charge is -2.19. The van der Waals surface area contributed by atoms with Crippen LogP contribution in [0.4, 0.5) is 0 Å². The number of ether oxygens (including phenoxy) is 2. The minimum atomic E-state index is 0.235. The van der Waals surface area contributed by atoms with Crippen molar-refractivity contribution >= 4 is 23.3 Å². The number of fused-ring (bicyclic) bond motifs is 2. The average Bonchev–Trinajstić information content (AvgIpc) is 3.58. The van der Waals surface area contributed by atoms with E-state index in [1.807, 2.05) is 45.8 Å². The number of hydrogen-bond donors (Lipinski definition) is 0. The summed E-state index contributed by atoms with van der Waals surface area (Å²) in [6.07, 6.45) is 2.89. The SMILES string of the molecule is O=C(CSc1ccc(Cc2nc3cccc(-c4ccc5c(c4)OCCO5)n3n2)cc1)N1CCCC1. The maximum Gasteiger partial charge on any atom is 0.232 e. The molecule has 4 aromatic rings. The number of pyridine rings is 1. The van der Waals surface area contributed by atoms with Crippen LogP contribution in [0.3, 0.4) is 0 Å². The van der Waals surface area contributed by atoms with E-state index in [1.54, 1.807) is 11.8 Å². The van der Waals surface area contributed by atoms with Gasteiger partial charge in [0, 0.05) is 30.0 Å². The number of rotatable bonds is 6. The Bertz CT molecular complexity index is 1360. The zero-order valence-corrected chi connectivity index (χ0v) is 20.2. The van der Waals surface area contributed by atoms with E-state index in [2.05, 4.69) is 24.3 Å². The van der Waals surface area contributed by atoms with E-state index in [-0.39, 0.29) is 5.91 Å². The summed E-state index contributed by atoms with van der Waals surface area (Å²) in [5.41, 5.74) is 3.89. The highest BCUT2D eigenvalue weighted by molar-refractivity contribution is 8.00. The van der Waals surface area contributed by atoms with Crippen LogP contribution < -0.4 is 9.47 Å². The highest BCUT2D eigenvalue weighted by Gasteiger charge is 2.18. The number of likely N-dealkylation sites (tertiary alicyclic amines) is 1. The van der Waals surface area contributed by atoms with Crippen LogP contribution >= 0.6 is 11.8 Å². The molecule has 2 aromatic carbocycles. The molecule has 1 saturated heterocycles. The van der Waals surface area contributed by atoms with E-state index in [0.717, 1.165) is 70.6 Å².